The molecule has 2 aliphatic rings. The molecule has 8 heteroatoms. The number of nitrogens with zero attached hydrogens (tertiary/aromatic N) is 3. The van der Waals surface area contributed by atoms with Crippen LogP contribution >= 0.6 is 23.4 Å². The third-order valence-corrected chi connectivity index (χ3v) is 4.37. The van der Waals surface area contributed by atoms with Crippen molar-refractivity contribution in [2.75, 3.05) is 0 Å². The summed E-state index contributed by atoms with van der Waals surface area (Å²) in [5.41, 5.74) is 2.54. The number of fused-ring (bicyclic) bond motifs is 1. The van der Waals surface area contributed by atoms with Crippen LogP contribution < -0.4 is 0 Å². The monoisotopic (exact) mass is 356 g/mol. The van der Waals surface area contributed by atoms with Crippen LogP contribution in [0.25, 0.3) is 17.4 Å². The van der Waals surface area contributed by atoms with Crippen LogP contribution in [0.15, 0.2) is 56.5 Å². The summed E-state index contributed by atoms with van der Waals surface area (Å²) in [6.07, 6.45) is 1.50. The lowest BCUT2D eigenvalue weighted by molar-refractivity contribution is -0.114. The van der Waals surface area contributed by atoms with Crippen molar-refractivity contribution in [1.82, 2.24) is 5.01 Å². The summed E-state index contributed by atoms with van der Waals surface area (Å²) >= 11 is 7.08. The first-order valence-corrected chi connectivity index (χ1v) is 8.16. The second kappa shape index (κ2) is 5.77. The predicted molar refractivity (Wildman–Crippen MR) is 95.2 cm³/mol. The van der Waals surface area contributed by atoms with Gasteiger partial charge in [-0.05, 0) is 54.2 Å². The molecule has 118 valence electrons. The fraction of sp³-hybridized carbons (Fsp3) is 0. The zero-order chi connectivity index (χ0) is 16.7. The Kier molecular flexibility index (Phi) is 3.59. The number of hydrogen-bond donors (Lipinski definition) is 1. The minimum absolute atomic E-state index is 0.0179. The van der Waals surface area contributed by atoms with Crippen molar-refractivity contribution in [3.05, 3.63) is 52.8 Å². The molecule has 0 saturated heterocycles. The molecule has 1 amide bonds. The first-order chi connectivity index (χ1) is 11.6. The first-order valence-electron chi connectivity index (χ1n) is 6.90. The Morgan fingerprint density at radius 2 is 2.00 bits per heavy atom. The fourth-order valence-corrected chi connectivity index (χ4v) is 3.01. The third-order valence-electron chi connectivity index (χ3n) is 3.44. The summed E-state index contributed by atoms with van der Waals surface area (Å²) in [5, 5.41) is 14.5. The lowest BCUT2D eigenvalue weighted by Gasteiger charge is -2.19. The molecule has 4 rings (SSSR count). The highest BCUT2D eigenvalue weighted by atomic mass is 35.5. The normalized spacial score (nSPS) is 18.3. The molecule has 3 heterocycles. The van der Waals surface area contributed by atoms with Crippen LogP contribution in [0.2, 0.25) is 5.02 Å². The Hall–Kier alpha value is -2.64. The van der Waals surface area contributed by atoms with Gasteiger partial charge in [-0.15, -0.1) is 0 Å². The van der Waals surface area contributed by atoms with Crippen molar-refractivity contribution in [2.45, 2.75) is 0 Å². The molecule has 2 aromatic rings. The minimum atomic E-state index is -0.478. The molecule has 0 unspecified atom stereocenters. The van der Waals surface area contributed by atoms with Crippen molar-refractivity contribution >= 4 is 51.9 Å². The van der Waals surface area contributed by atoms with E-state index in [1.807, 2.05) is 12.1 Å². The van der Waals surface area contributed by atoms with Crippen molar-refractivity contribution < 1.29 is 9.21 Å². The van der Waals surface area contributed by atoms with E-state index >= 15 is 0 Å². The topological polar surface area (TPSA) is 82.0 Å². The Morgan fingerprint density at radius 1 is 1.21 bits per heavy atom. The number of rotatable bonds is 2. The third kappa shape index (κ3) is 2.57. The number of amides is 1. The molecule has 0 radical (unpaired) electrons. The number of hydrogen-bond acceptors (Lipinski definition) is 5. The van der Waals surface area contributed by atoms with Crippen molar-refractivity contribution in [1.29, 1.82) is 5.41 Å². The molecule has 1 aromatic carbocycles. The Morgan fingerprint density at radius 3 is 2.79 bits per heavy atom. The van der Waals surface area contributed by atoms with Gasteiger partial charge in [0.15, 0.2) is 11.0 Å². The van der Waals surface area contributed by atoms with Crippen molar-refractivity contribution in [3.63, 3.8) is 0 Å². The van der Waals surface area contributed by atoms with E-state index in [9.17, 15) is 4.79 Å². The zero-order valence-electron chi connectivity index (χ0n) is 12.1. The number of hydrazone groups is 1. The second-order valence-electron chi connectivity index (χ2n) is 4.97. The standard InChI is InChI=1S/C16H9ClN4O2S/c17-10-3-1-9(2-4-10)13-6-5-11(23-13)7-12-14(18)21-16(20-15(12)22)24-8-19-21/h1-8,18H/b12-7-,18-14?. The van der Waals surface area contributed by atoms with E-state index in [0.29, 0.717) is 21.7 Å². The maximum absolute atomic E-state index is 12.1. The summed E-state index contributed by atoms with van der Waals surface area (Å²) in [6.45, 7) is 0. The van der Waals surface area contributed by atoms with E-state index in [0.717, 1.165) is 5.56 Å². The van der Waals surface area contributed by atoms with E-state index in [1.165, 1.54) is 28.4 Å². The number of carbonyl (C=O) groups excluding carboxylic acids is 1. The second-order valence-corrected chi connectivity index (χ2v) is 6.21. The van der Waals surface area contributed by atoms with Gasteiger partial charge in [0.05, 0.1) is 11.1 Å². The molecule has 0 bridgehead atoms. The average Bonchev–Trinajstić information content (AvgIpc) is 3.21. The van der Waals surface area contributed by atoms with Gasteiger partial charge in [-0.3, -0.25) is 10.2 Å². The molecule has 1 aromatic heterocycles. The molecule has 0 spiro atoms. The van der Waals surface area contributed by atoms with E-state index in [-0.39, 0.29) is 11.4 Å². The number of carbonyl (C=O) groups is 1. The van der Waals surface area contributed by atoms with Crippen LogP contribution in [0.4, 0.5) is 0 Å². The van der Waals surface area contributed by atoms with Crippen molar-refractivity contribution in [2.24, 2.45) is 10.1 Å². The Balaban J connectivity index is 1.67. The largest absolute Gasteiger partial charge is 0.457 e. The predicted octanol–water partition coefficient (Wildman–Crippen LogP) is 3.85. The van der Waals surface area contributed by atoms with Gasteiger partial charge in [0.1, 0.15) is 11.5 Å². The minimum Gasteiger partial charge on any atom is -0.457 e. The van der Waals surface area contributed by atoms with E-state index in [4.69, 9.17) is 21.4 Å². The van der Waals surface area contributed by atoms with Crippen molar-refractivity contribution in [3.8, 4) is 11.3 Å². The number of aliphatic imine (C=N–C) groups is 1. The van der Waals surface area contributed by atoms with Gasteiger partial charge in [0, 0.05) is 10.6 Å². The molecule has 6 nitrogen and oxygen atoms in total. The molecular formula is C16H9ClN4O2S. The maximum atomic E-state index is 12.1. The molecule has 1 N–H and O–H groups in total. The molecule has 0 fully saturated rings. The van der Waals surface area contributed by atoms with E-state index in [1.54, 1.807) is 24.3 Å². The number of halogens is 1. The maximum Gasteiger partial charge on any atom is 0.283 e. The summed E-state index contributed by atoms with van der Waals surface area (Å²) in [5.74, 6) is 0.610. The lowest BCUT2D eigenvalue weighted by Crippen LogP contribution is -2.35. The Bertz CT molecular complexity index is 943. The van der Waals surface area contributed by atoms with Crippen LogP contribution in [-0.4, -0.2) is 27.5 Å². The number of benzene rings is 1. The molecule has 0 saturated carbocycles. The summed E-state index contributed by atoms with van der Waals surface area (Å²) in [6, 6.07) is 10.8. The molecule has 2 aliphatic heterocycles. The van der Waals surface area contributed by atoms with Crippen LogP contribution in [0.1, 0.15) is 5.76 Å². The average molecular weight is 357 g/mol. The van der Waals surface area contributed by atoms with Crippen LogP contribution in [0, 0.1) is 5.41 Å². The van der Waals surface area contributed by atoms with Gasteiger partial charge < -0.3 is 4.42 Å². The summed E-state index contributed by atoms with van der Waals surface area (Å²) in [4.78, 5) is 16.0. The quantitative estimate of drug-likeness (QED) is 0.828. The molecule has 24 heavy (non-hydrogen) atoms. The molecule has 0 atom stereocenters. The van der Waals surface area contributed by atoms with Crippen LogP contribution in [0.5, 0.6) is 0 Å². The van der Waals surface area contributed by atoms with Gasteiger partial charge in [0.2, 0.25) is 0 Å². The highest BCUT2D eigenvalue weighted by molar-refractivity contribution is 8.25. The van der Waals surface area contributed by atoms with E-state index in [2.05, 4.69) is 10.1 Å². The van der Waals surface area contributed by atoms with E-state index < -0.39 is 5.91 Å². The number of nitrogens with one attached hydrogen (secondary N) is 1. The number of furan rings is 1. The SMILES string of the molecule is N=C1/C(=C/c2ccc(-c3ccc(Cl)cc3)o2)C(=O)N=C2SC=NN12. The fourth-order valence-electron chi connectivity index (χ4n) is 2.28. The van der Waals surface area contributed by atoms with Gasteiger partial charge in [0.25, 0.3) is 5.91 Å². The van der Waals surface area contributed by atoms with Crippen LogP contribution in [0.3, 0.4) is 0 Å². The number of amidine groups is 2. The smallest absolute Gasteiger partial charge is 0.283 e. The van der Waals surface area contributed by atoms with Gasteiger partial charge in [-0.1, -0.05) is 11.6 Å². The van der Waals surface area contributed by atoms with Gasteiger partial charge in [-0.25, -0.2) is 0 Å². The van der Waals surface area contributed by atoms with Gasteiger partial charge in [-0.2, -0.15) is 15.1 Å². The lowest BCUT2D eigenvalue weighted by atomic mass is 10.1. The summed E-state index contributed by atoms with van der Waals surface area (Å²) < 4.78 is 5.74. The highest BCUT2D eigenvalue weighted by Gasteiger charge is 2.32. The first kappa shape index (κ1) is 14.9. The molecular weight excluding hydrogens is 348 g/mol. The van der Waals surface area contributed by atoms with Gasteiger partial charge >= 0.3 is 0 Å². The highest BCUT2D eigenvalue weighted by Crippen LogP contribution is 2.27. The molecule has 0 aliphatic carbocycles. The Labute approximate surface area is 146 Å². The summed E-state index contributed by atoms with van der Waals surface area (Å²) in [7, 11) is 0. The number of thioether (sulfide) groups is 1. The van der Waals surface area contributed by atoms with Crippen LogP contribution in [-0.2, 0) is 4.79 Å². The zero-order valence-corrected chi connectivity index (χ0v) is 13.6.